The third-order valence-corrected chi connectivity index (χ3v) is 3.66. The van der Waals surface area contributed by atoms with Crippen molar-refractivity contribution in [2.75, 3.05) is 0 Å². The van der Waals surface area contributed by atoms with Crippen molar-refractivity contribution in [3.63, 3.8) is 0 Å². The largest absolute Gasteiger partial charge is 0.324 e. The molecule has 0 aliphatic rings. The van der Waals surface area contributed by atoms with Gasteiger partial charge in [-0.1, -0.05) is 27.7 Å². The zero-order valence-electron chi connectivity index (χ0n) is 11.9. The molecule has 1 aromatic rings. The summed E-state index contributed by atoms with van der Waals surface area (Å²) in [5, 5.41) is 0. The predicted octanol–water partition coefficient (Wildman–Crippen LogP) is 5.19. The van der Waals surface area contributed by atoms with Crippen molar-refractivity contribution in [3.8, 4) is 0 Å². The van der Waals surface area contributed by atoms with E-state index in [-0.39, 0.29) is 15.5 Å². The van der Waals surface area contributed by atoms with Crippen LogP contribution in [-0.2, 0) is 0 Å². The number of hydrogen-bond donors (Lipinski definition) is 1. The van der Waals surface area contributed by atoms with E-state index < -0.39 is 17.7 Å². The Kier molecular flexibility index (Phi) is 5.51. The fourth-order valence-electron chi connectivity index (χ4n) is 2.51. The molecule has 0 bridgehead atoms. The second kappa shape index (κ2) is 6.31. The summed E-state index contributed by atoms with van der Waals surface area (Å²) in [6.45, 7) is 8.58. The zero-order valence-corrected chi connectivity index (χ0v) is 13.5. The zero-order chi connectivity index (χ0) is 14.8. The first kappa shape index (κ1) is 16.6. The first-order chi connectivity index (χ1) is 8.60. The van der Waals surface area contributed by atoms with Crippen LogP contribution in [0.3, 0.4) is 0 Å². The topological polar surface area (TPSA) is 26.0 Å². The second-order valence-corrected chi connectivity index (χ2v) is 7.35. The van der Waals surface area contributed by atoms with Gasteiger partial charge in [0.25, 0.3) is 0 Å². The third-order valence-electron chi connectivity index (χ3n) is 3.06. The van der Waals surface area contributed by atoms with E-state index in [9.17, 15) is 8.78 Å². The molecule has 0 saturated heterocycles. The molecule has 0 fully saturated rings. The van der Waals surface area contributed by atoms with Crippen LogP contribution in [0.25, 0.3) is 0 Å². The number of rotatable bonds is 4. The third kappa shape index (κ3) is 5.19. The molecule has 0 spiro atoms. The van der Waals surface area contributed by atoms with E-state index in [4.69, 9.17) is 5.73 Å². The maximum atomic E-state index is 13.8. The molecule has 1 rings (SSSR count). The van der Waals surface area contributed by atoms with Crippen molar-refractivity contribution in [3.05, 3.63) is 33.8 Å². The van der Waals surface area contributed by atoms with Crippen LogP contribution in [-0.4, -0.2) is 0 Å². The Morgan fingerprint density at radius 1 is 1.21 bits per heavy atom. The van der Waals surface area contributed by atoms with Crippen LogP contribution < -0.4 is 5.73 Å². The number of halogens is 3. The van der Waals surface area contributed by atoms with E-state index in [1.54, 1.807) is 0 Å². The molecule has 0 aromatic heterocycles. The Labute approximate surface area is 122 Å². The van der Waals surface area contributed by atoms with Crippen LogP contribution >= 0.6 is 15.9 Å². The summed E-state index contributed by atoms with van der Waals surface area (Å²) in [6.07, 6.45) is 1.65. The lowest BCUT2D eigenvalue weighted by Gasteiger charge is -2.25. The normalized spacial score (nSPS) is 15.4. The van der Waals surface area contributed by atoms with Gasteiger partial charge < -0.3 is 5.73 Å². The van der Waals surface area contributed by atoms with Crippen LogP contribution in [0.5, 0.6) is 0 Å². The molecule has 0 aliphatic heterocycles. The molecular formula is C15H22BrF2N. The van der Waals surface area contributed by atoms with E-state index >= 15 is 0 Å². The highest BCUT2D eigenvalue weighted by Crippen LogP contribution is 2.31. The molecule has 0 radical (unpaired) electrons. The summed E-state index contributed by atoms with van der Waals surface area (Å²) in [6, 6.07) is 1.85. The van der Waals surface area contributed by atoms with Crippen molar-refractivity contribution in [1.29, 1.82) is 0 Å². The number of benzene rings is 1. The van der Waals surface area contributed by atoms with Gasteiger partial charge in [0.05, 0.1) is 4.47 Å². The van der Waals surface area contributed by atoms with Crippen LogP contribution in [0.4, 0.5) is 8.78 Å². The summed E-state index contributed by atoms with van der Waals surface area (Å²) in [5.74, 6) is -0.569. The maximum Gasteiger partial charge on any atom is 0.137 e. The van der Waals surface area contributed by atoms with Crippen LogP contribution in [0.2, 0.25) is 0 Å². The second-order valence-electron chi connectivity index (χ2n) is 6.50. The lowest BCUT2D eigenvalue weighted by Crippen LogP contribution is -2.19. The molecule has 1 aromatic carbocycles. The minimum absolute atomic E-state index is 0.128. The van der Waals surface area contributed by atoms with Gasteiger partial charge in [-0.2, -0.15) is 0 Å². The smallest absolute Gasteiger partial charge is 0.137 e. The van der Waals surface area contributed by atoms with Gasteiger partial charge in [0.15, 0.2) is 0 Å². The molecule has 2 unspecified atom stereocenters. The molecular weight excluding hydrogens is 312 g/mol. The van der Waals surface area contributed by atoms with Gasteiger partial charge in [-0.05, 0) is 52.2 Å². The van der Waals surface area contributed by atoms with Gasteiger partial charge >= 0.3 is 0 Å². The van der Waals surface area contributed by atoms with Gasteiger partial charge in [0, 0.05) is 11.6 Å². The van der Waals surface area contributed by atoms with Crippen molar-refractivity contribution in [2.24, 2.45) is 17.1 Å². The molecule has 0 aliphatic carbocycles. The minimum Gasteiger partial charge on any atom is -0.324 e. The molecule has 19 heavy (non-hydrogen) atoms. The van der Waals surface area contributed by atoms with E-state index in [0.717, 1.165) is 12.5 Å². The minimum atomic E-state index is -0.477. The summed E-state index contributed by atoms with van der Waals surface area (Å²) in [4.78, 5) is 0. The molecule has 0 amide bonds. The highest BCUT2D eigenvalue weighted by atomic mass is 79.9. The van der Waals surface area contributed by atoms with Crippen molar-refractivity contribution >= 4 is 15.9 Å². The van der Waals surface area contributed by atoms with Crippen molar-refractivity contribution in [2.45, 2.75) is 46.6 Å². The molecule has 2 N–H and O–H groups in total. The first-order valence-corrected chi connectivity index (χ1v) is 7.29. The first-order valence-electron chi connectivity index (χ1n) is 6.50. The highest BCUT2D eigenvalue weighted by molar-refractivity contribution is 9.10. The lowest BCUT2D eigenvalue weighted by atomic mass is 9.82. The molecule has 4 heteroatoms. The molecule has 108 valence electrons. The fraction of sp³-hybridized carbons (Fsp3) is 0.600. The number of nitrogens with two attached hydrogens (primary N) is 1. The molecule has 0 saturated carbocycles. The van der Waals surface area contributed by atoms with Gasteiger partial charge in [-0.15, -0.1) is 0 Å². The van der Waals surface area contributed by atoms with E-state index in [0.29, 0.717) is 12.3 Å². The SMILES string of the molecule is CC(CC(N)c1cc(F)c(Br)cc1F)CC(C)(C)C. The van der Waals surface area contributed by atoms with E-state index in [1.807, 2.05) is 0 Å². The Morgan fingerprint density at radius 3 is 2.32 bits per heavy atom. The standard InChI is InChI=1S/C15H22BrF2N/c1-9(8-15(2,3)4)5-14(19)10-6-13(18)11(16)7-12(10)17/h6-7,9,14H,5,8,19H2,1-4H3. The highest BCUT2D eigenvalue weighted by Gasteiger charge is 2.20. The summed E-state index contributed by atoms with van der Waals surface area (Å²) >= 11 is 2.96. The predicted molar refractivity (Wildman–Crippen MR) is 78.8 cm³/mol. The lowest BCUT2D eigenvalue weighted by molar-refractivity contribution is 0.285. The Balaban J connectivity index is 2.78. The monoisotopic (exact) mass is 333 g/mol. The van der Waals surface area contributed by atoms with Gasteiger partial charge in [0.1, 0.15) is 11.6 Å². The average molecular weight is 334 g/mol. The van der Waals surface area contributed by atoms with E-state index in [1.165, 1.54) is 6.07 Å². The van der Waals surface area contributed by atoms with Crippen LogP contribution in [0.1, 0.15) is 52.1 Å². The molecule has 0 heterocycles. The van der Waals surface area contributed by atoms with Gasteiger partial charge in [-0.3, -0.25) is 0 Å². The van der Waals surface area contributed by atoms with Gasteiger partial charge in [-0.25, -0.2) is 8.78 Å². The Bertz CT molecular complexity index is 441. The quantitative estimate of drug-likeness (QED) is 0.754. The average Bonchev–Trinajstić information content (AvgIpc) is 2.20. The van der Waals surface area contributed by atoms with Gasteiger partial charge in [0.2, 0.25) is 0 Å². The van der Waals surface area contributed by atoms with E-state index in [2.05, 4.69) is 43.6 Å². The van der Waals surface area contributed by atoms with Crippen molar-refractivity contribution < 1.29 is 8.78 Å². The Hall–Kier alpha value is -0.480. The molecule has 2 atom stereocenters. The van der Waals surface area contributed by atoms with Crippen LogP contribution in [0.15, 0.2) is 16.6 Å². The summed E-state index contributed by atoms with van der Waals surface area (Å²) < 4.78 is 27.4. The summed E-state index contributed by atoms with van der Waals surface area (Å²) in [5.41, 5.74) is 6.47. The summed E-state index contributed by atoms with van der Waals surface area (Å²) in [7, 11) is 0. The van der Waals surface area contributed by atoms with Crippen molar-refractivity contribution in [1.82, 2.24) is 0 Å². The van der Waals surface area contributed by atoms with Crippen LogP contribution in [0, 0.1) is 23.0 Å². The Morgan fingerprint density at radius 2 is 1.79 bits per heavy atom. The maximum absolute atomic E-state index is 13.8. The number of hydrogen-bond acceptors (Lipinski definition) is 1. The fourth-order valence-corrected chi connectivity index (χ4v) is 2.83. The molecule has 1 nitrogen and oxygen atoms in total.